The molecule has 1 unspecified atom stereocenters. The van der Waals surface area contributed by atoms with Crippen molar-refractivity contribution in [1.29, 1.82) is 0 Å². The summed E-state index contributed by atoms with van der Waals surface area (Å²) in [5.41, 5.74) is -3.43. The maximum absolute atomic E-state index is 13.0. The third kappa shape index (κ3) is 10.4. The van der Waals surface area contributed by atoms with Crippen LogP contribution in [0, 0.1) is 17.8 Å². The number of unbranched alkanes of at least 4 members (excludes halogenated alkanes) is 3. The Kier molecular flexibility index (Phi) is 11.0. The molecule has 0 bridgehead atoms. The van der Waals surface area contributed by atoms with Gasteiger partial charge in [-0.3, -0.25) is 9.59 Å². The Morgan fingerprint density at radius 2 is 1.49 bits per heavy atom. The van der Waals surface area contributed by atoms with E-state index in [1.54, 1.807) is 41.5 Å². The van der Waals surface area contributed by atoms with E-state index >= 15 is 0 Å². The van der Waals surface area contributed by atoms with Gasteiger partial charge in [-0.15, -0.1) is 5.92 Å². The molecule has 1 saturated carbocycles. The number of carbonyl (C=O) groups is 5. The smallest absolute Gasteiger partial charge is 0.471 e. The zero-order chi connectivity index (χ0) is 30.4. The highest BCUT2D eigenvalue weighted by Crippen LogP contribution is 2.50. The molecule has 10 nitrogen and oxygen atoms in total. The van der Waals surface area contributed by atoms with E-state index in [2.05, 4.69) is 11.8 Å². The van der Waals surface area contributed by atoms with Crippen LogP contribution in [0.5, 0.6) is 0 Å². The Morgan fingerprint density at radius 3 is 1.90 bits per heavy atom. The fourth-order valence-electron chi connectivity index (χ4n) is 3.66. The zero-order valence-corrected chi connectivity index (χ0v) is 23.3. The molecule has 1 rings (SSSR count). The SMILES string of the molecule is CC(=O)C1(N(C(=O)OC(C)(C)C)C(=O)OC(C)(C)C)C[C@H]1C#CCCCCC[C@H](NC(=O)C(F)(F)F)C(=O)O. The van der Waals surface area contributed by atoms with Crippen molar-refractivity contribution in [3.8, 4) is 11.8 Å². The van der Waals surface area contributed by atoms with Gasteiger partial charge in [-0.05, 0) is 67.7 Å². The summed E-state index contributed by atoms with van der Waals surface area (Å²) >= 11 is 0. The number of Topliss-reactive ketones (excluding diaryl/α,β-unsaturated/α-hetero) is 1. The Morgan fingerprint density at radius 1 is 0.974 bits per heavy atom. The third-order valence-electron chi connectivity index (χ3n) is 5.52. The maximum Gasteiger partial charge on any atom is 0.471 e. The average Bonchev–Trinajstić information content (AvgIpc) is 3.43. The first-order chi connectivity index (χ1) is 17.6. The van der Waals surface area contributed by atoms with Crippen molar-refractivity contribution in [3.05, 3.63) is 0 Å². The highest BCUT2D eigenvalue weighted by atomic mass is 19.4. The van der Waals surface area contributed by atoms with E-state index in [9.17, 15) is 37.1 Å². The first-order valence-corrected chi connectivity index (χ1v) is 12.5. The topological polar surface area (TPSA) is 139 Å². The number of aliphatic carboxylic acids is 1. The molecule has 13 heteroatoms. The minimum absolute atomic E-state index is 0.104. The van der Waals surface area contributed by atoms with Crippen molar-refractivity contribution in [2.45, 2.75) is 116 Å². The first kappa shape index (κ1) is 33.7. The van der Waals surface area contributed by atoms with E-state index in [4.69, 9.17) is 14.6 Å². The summed E-state index contributed by atoms with van der Waals surface area (Å²) < 4.78 is 47.8. The van der Waals surface area contributed by atoms with Gasteiger partial charge in [0, 0.05) is 6.42 Å². The van der Waals surface area contributed by atoms with Crippen molar-refractivity contribution in [1.82, 2.24) is 10.2 Å². The summed E-state index contributed by atoms with van der Waals surface area (Å²) in [6, 6.07) is -1.67. The van der Waals surface area contributed by atoms with Crippen LogP contribution in [-0.2, 0) is 23.9 Å². The summed E-state index contributed by atoms with van der Waals surface area (Å²) in [4.78, 5) is 61.4. The Bertz CT molecular complexity index is 989. The molecular formula is C26H37F3N2O8. The number of nitrogens with one attached hydrogen (secondary N) is 1. The molecule has 220 valence electrons. The number of ether oxygens (including phenoxy) is 2. The lowest BCUT2D eigenvalue weighted by atomic mass is 10.1. The van der Waals surface area contributed by atoms with Gasteiger partial charge in [0.05, 0.1) is 5.92 Å². The molecule has 3 amide bonds. The monoisotopic (exact) mass is 562 g/mol. The van der Waals surface area contributed by atoms with Crippen LogP contribution in [0.1, 0.15) is 87.0 Å². The van der Waals surface area contributed by atoms with Gasteiger partial charge in [-0.25, -0.2) is 14.4 Å². The molecular weight excluding hydrogens is 525 g/mol. The molecule has 39 heavy (non-hydrogen) atoms. The van der Waals surface area contributed by atoms with Crippen LogP contribution in [0.2, 0.25) is 0 Å². The van der Waals surface area contributed by atoms with Crippen LogP contribution in [0.25, 0.3) is 0 Å². The molecule has 0 aromatic carbocycles. The first-order valence-electron chi connectivity index (χ1n) is 12.5. The summed E-state index contributed by atoms with van der Waals surface area (Å²) in [7, 11) is 0. The molecule has 0 aromatic heterocycles. The van der Waals surface area contributed by atoms with Crippen LogP contribution in [0.3, 0.4) is 0 Å². The Balaban J connectivity index is 2.83. The van der Waals surface area contributed by atoms with Crippen molar-refractivity contribution < 1.29 is 51.7 Å². The number of alkyl halides is 3. The zero-order valence-electron chi connectivity index (χ0n) is 23.3. The average molecular weight is 563 g/mol. The van der Waals surface area contributed by atoms with Gasteiger partial charge in [0.1, 0.15) is 22.8 Å². The summed E-state index contributed by atoms with van der Waals surface area (Å²) in [5.74, 6) is 0.792. The minimum Gasteiger partial charge on any atom is -0.480 e. The lowest BCUT2D eigenvalue weighted by Gasteiger charge is -2.32. The number of nitrogens with zero attached hydrogens (tertiary/aromatic N) is 1. The molecule has 0 radical (unpaired) electrons. The fourth-order valence-corrected chi connectivity index (χ4v) is 3.66. The largest absolute Gasteiger partial charge is 0.480 e. The highest BCUT2D eigenvalue weighted by molar-refractivity contribution is 6.01. The van der Waals surface area contributed by atoms with Gasteiger partial charge in [-0.1, -0.05) is 18.8 Å². The van der Waals surface area contributed by atoms with E-state index < -0.39 is 64.7 Å². The van der Waals surface area contributed by atoms with Crippen molar-refractivity contribution in [3.63, 3.8) is 0 Å². The van der Waals surface area contributed by atoms with Gasteiger partial charge in [0.25, 0.3) is 0 Å². The van der Waals surface area contributed by atoms with E-state index in [0.717, 1.165) is 0 Å². The number of hydrogen-bond acceptors (Lipinski definition) is 7. The molecule has 1 aliphatic rings. The second-order valence-electron chi connectivity index (χ2n) is 11.3. The number of carboxylic acid groups (broad SMARTS) is 1. The van der Waals surface area contributed by atoms with Crippen LogP contribution < -0.4 is 5.32 Å². The number of carboxylic acids is 1. The number of hydrogen-bond donors (Lipinski definition) is 2. The van der Waals surface area contributed by atoms with Gasteiger partial charge in [0.2, 0.25) is 0 Å². The van der Waals surface area contributed by atoms with Crippen LogP contribution in [-0.4, -0.2) is 68.8 Å². The molecule has 0 aliphatic heterocycles. The Hall–Kier alpha value is -3.30. The second-order valence-corrected chi connectivity index (χ2v) is 11.3. The van der Waals surface area contributed by atoms with Gasteiger partial charge in [-0.2, -0.15) is 18.1 Å². The Labute approximate surface area is 225 Å². The van der Waals surface area contributed by atoms with E-state index in [-0.39, 0.29) is 19.3 Å². The van der Waals surface area contributed by atoms with Crippen LogP contribution >= 0.6 is 0 Å². The number of imide groups is 1. The summed E-state index contributed by atoms with van der Waals surface area (Å²) in [6.45, 7) is 11.0. The molecule has 0 heterocycles. The number of carbonyl (C=O) groups excluding carboxylic acids is 4. The van der Waals surface area contributed by atoms with Crippen molar-refractivity contribution >= 4 is 29.8 Å². The molecule has 3 atom stereocenters. The van der Waals surface area contributed by atoms with Crippen molar-refractivity contribution in [2.24, 2.45) is 5.92 Å². The quantitative estimate of drug-likeness (QED) is 0.307. The predicted molar refractivity (Wildman–Crippen MR) is 132 cm³/mol. The van der Waals surface area contributed by atoms with E-state index in [0.29, 0.717) is 24.2 Å². The maximum atomic E-state index is 13.0. The van der Waals surface area contributed by atoms with Crippen LogP contribution in [0.4, 0.5) is 22.8 Å². The summed E-state index contributed by atoms with van der Waals surface area (Å²) in [5, 5.41) is 10.5. The summed E-state index contributed by atoms with van der Waals surface area (Å²) in [6.07, 6.45) is -5.89. The molecule has 0 saturated heterocycles. The number of amides is 3. The molecule has 2 N–H and O–H groups in total. The number of ketones is 1. The van der Waals surface area contributed by atoms with Crippen molar-refractivity contribution in [2.75, 3.05) is 0 Å². The van der Waals surface area contributed by atoms with Crippen LogP contribution in [0.15, 0.2) is 0 Å². The minimum atomic E-state index is -5.18. The fraction of sp³-hybridized carbons (Fsp3) is 0.731. The van der Waals surface area contributed by atoms with Gasteiger partial charge >= 0.3 is 30.2 Å². The lowest BCUT2D eigenvalue weighted by molar-refractivity contribution is -0.175. The standard InChI is InChI=1S/C26H37F3N2O8/c1-16(32)25(31(21(36)38-23(2,3)4)22(37)39-24(5,6)7)15-17(25)13-11-9-8-10-12-14-18(19(33)34)30-20(35)26(27,28)29/h17-18H,8-10,12,14-15H2,1-7H3,(H,30,35)(H,33,34)/t17-,18+,25?/m1/s1. The van der Waals surface area contributed by atoms with E-state index in [1.807, 2.05) is 0 Å². The molecule has 1 aliphatic carbocycles. The molecule has 0 aromatic rings. The lowest BCUT2D eigenvalue weighted by Crippen LogP contribution is -2.54. The molecule has 0 spiro atoms. The highest BCUT2D eigenvalue weighted by Gasteiger charge is 2.66. The number of rotatable bonds is 9. The molecule has 1 fully saturated rings. The number of halogens is 3. The van der Waals surface area contributed by atoms with Gasteiger partial charge in [0.15, 0.2) is 5.78 Å². The predicted octanol–water partition coefficient (Wildman–Crippen LogP) is 4.59. The normalized spacial score (nSPS) is 19.6. The van der Waals surface area contributed by atoms with E-state index in [1.165, 1.54) is 12.2 Å². The third-order valence-corrected chi connectivity index (χ3v) is 5.52. The van der Waals surface area contributed by atoms with Gasteiger partial charge < -0.3 is 19.9 Å². The second kappa shape index (κ2) is 12.7.